The summed E-state index contributed by atoms with van der Waals surface area (Å²) in [5, 5.41) is 0. The number of hydrogen-bond acceptors (Lipinski definition) is 6. The van der Waals surface area contributed by atoms with Crippen molar-refractivity contribution < 1.29 is 0 Å². The van der Waals surface area contributed by atoms with E-state index in [9.17, 15) is 0 Å². The summed E-state index contributed by atoms with van der Waals surface area (Å²) in [6.45, 7) is 29.5. The van der Waals surface area contributed by atoms with Gasteiger partial charge in [-0.1, -0.05) is 76.2 Å². The predicted octanol–water partition coefficient (Wildman–Crippen LogP) is -0.179. The van der Waals surface area contributed by atoms with Crippen LogP contribution in [0.1, 0.15) is 82.6 Å². The molecule has 2 unspecified atom stereocenters. The Balaban J connectivity index is 4.66. The summed E-state index contributed by atoms with van der Waals surface area (Å²) in [6, 6.07) is 3.26. The van der Waals surface area contributed by atoms with Crippen LogP contribution in [0, 0.1) is 0 Å². The molecule has 10 heteroatoms. The minimum Gasteiger partial charge on any atom is -0.345 e. The van der Waals surface area contributed by atoms with Crippen LogP contribution in [0.2, 0.25) is 0 Å². The van der Waals surface area contributed by atoms with Gasteiger partial charge in [0.15, 0.2) is 39.4 Å². The first-order chi connectivity index (χ1) is 14.1. The van der Waals surface area contributed by atoms with E-state index in [4.69, 9.17) is 0 Å². The Kier molecular flexibility index (Phi) is 17.5. The van der Waals surface area contributed by atoms with Crippen molar-refractivity contribution >= 4 is 39.4 Å². The van der Waals surface area contributed by atoms with E-state index in [0.717, 1.165) is 0 Å². The highest BCUT2D eigenvalue weighted by Gasteiger charge is 2.22. The van der Waals surface area contributed by atoms with E-state index in [1.54, 1.807) is 0 Å². The molecule has 6 nitrogen and oxygen atoms in total. The van der Waals surface area contributed by atoms with Crippen molar-refractivity contribution in [2.45, 2.75) is 113 Å². The monoisotopic (exact) mass is 492 g/mol. The lowest BCUT2D eigenvalue weighted by Gasteiger charge is -2.38. The van der Waals surface area contributed by atoms with Crippen LogP contribution >= 0.6 is 0 Å². The van der Waals surface area contributed by atoms with Gasteiger partial charge in [-0.2, -0.15) is 0 Å². The summed E-state index contributed by atoms with van der Waals surface area (Å²) in [7, 11) is -1.35. The van der Waals surface area contributed by atoms with Crippen LogP contribution in [0.5, 0.6) is 0 Å². The van der Waals surface area contributed by atoms with Crippen molar-refractivity contribution in [3.8, 4) is 0 Å². The maximum atomic E-state index is 4.00. The molecular weight excluding hydrogens is 437 g/mol. The Labute approximate surface area is 199 Å². The molecule has 0 aromatic heterocycles. The fraction of sp³-hybridized carbons (Fsp3) is 1.00. The fourth-order valence-corrected chi connectivity index (χ4v) is 12.2. The van der Waals surface area contributed by atoms with Crippen molar-refractivity contribution in [1.29, 1.82) is 0 Å². The summed E-state index contributed by atoms with van der Waals surface area (Å²) >= 11 is 0. The Hall–Kier alpha value is 0.628. The zero-order valence-electron chi connectivity index (χ0n) is 22.3. The summed E-state index contributed by atoms with van der Waals surface area (Å²) < 4.78 is 18.8. The summed E-state index contributed by atoms with van der Waals surface area (Å²) in [5.41, 5.74) is 0. The highest BCUT2D eigenvalue weighted by atomic mass is 28.3. The molecule has 0 aromatic carbocycles. The summed E-state index contributed by atoms with van der Waals surface area (Å²) in [5.74, 6) is 0. The molecule has 0 aliphatic heterocycles. The van der Waals surface area contributed by atoms with E-state index in [-0.39, 0.29) is 29.5 Å². The van der Waals surface area contributed by atoms with Gasteiger partial charge in [-0.3, -0.25) is 0 Å². The van der Waals surface area contributed by atoms with Gasteiger partial charge in [0.1, 0.15) is 0 Å². The van der Waals surface area contributed by atoms with Gasteiger partial charge in [0.2, 0.25) is 0 Å². The Morgan fingerprint density at radius 3 is 1.47 bits per heavy atom. The third-order valence-electron chi connectivity index (χ3n) is 6.40. The van der Waals surface area contributed by atoms with Gasteiger partial charge in [-0.05, 0) is 44.2 Å². The number of rotatable bonds is 18. The van der Waals surface area contributed by atoms with Gasteiger partial charge < -0.3 is 27.6 Å². The zero-order chi connectivity index (χ0) is 23.3. The van der Waals surface area contributed by atoms with Crippen LogP contribution in [-0.2, 0) is 0 Å². The van der Waals surface area contributed by atoms with Crippen molar-refractivity contribution in [2.75, 3.05) is 19.6 Å². The zero-order valence-corrected chi connectivity index (χ0v) is 28.0. The number of hydrogen-bond donors (Lipinski definition) is 2. The lowest BCUT2D eigenvalue weighted by Crippen LogP contribution is -2.55. The molecule has 0 rings (SSSR count). The van der Waals surface area contributed by atoms with Gasteiger partial charge in [0.05, 0.1) is 0 Å². The normalized spacial score (nSPS) is 16.6. The smallest absolute Gasteiger partial charge is 0.164 e. The molecule has 0 amide bonds. The highest BCUT2D eigenvalue weighted by Crippen LogP contribution is 2.13. The lowest BCUT2D eigenvalue weighted by molar-refractivity contribution is 0.231. The maximum absolute atomic E-state index is 4.00. The van der Waals surface area contributed by atoms with Gasteiger partial charge in [-0.15, -0.1) is 0 Å². The quantitative estimate of drug-likeness (QED) is 0.259. The molecule has 0 saturated carbocycles. The Bertz CT molecular complexity index is 405. The Morgan fingerprint density at radius 2 is 1.03 bits per heavy atom. The average molecular weight is 493 g/mol. The van der Waals surface area contributed by atoms with E-state index in [2.05, 4.69) is 104 Å². The van der Waals surface area contributed by atoms with E-state index >= 15 is 0 Å². The van der Waals surface area contributed by atoms with Crippen LogP contribution in [0.25, 0.3) is 0 Å². The molecule has 0 fully saturated rings. The van der Waals surface area contributed by atoms with Crippen molar-refractivity contribution in [3.05, 3.63) is 0 Å². The molecular formula is C20H56N6Si4. The van der Waals surface area contributed by atoms with Crippen LogP contribution in [0.3, 0.4) is 0 Å². The van der Waals surface area contributed by atoms with Gasteiger partial charge in [-0.25, -0.2) is 0 Å². The molecule has 30 heavy (non-hydrogen) atoms. The molecule has 182 valence electrons. The van der Waals surface area contributed by atoms with Gasteiger partial charge in [0.25, 0.3) is 0 Å². The molecule has 2 atom stereocenters. The maximum Gasteiger partial charge on any atom is 0.164 e. The van der Waals surface area contributed by atoms with E-state index in [0.29, 0.717) is 30.2 Å². The molecule has 0 aliphatic rings. The van der Waals surface area contributed by atoms with Gasteiger partial charge >= 0.3 is 0 Å². The highest BCUT2D eigenvalue weighted by molar-refractivity contribution is 6.48. The molecule has 0 radical (unpaired) electrons. The van der Waals surface area contributed by atoms with Crippen molar-refractivity contribution in [3.63, 3.8) is 0 Å². The van der Waals surface area contributed by atoms with E-state index in [1.165, 1.54) is 26.1 Å². The number of nitrogens with zero attached hydrogens (tertiary/aromatic N) is 4. The minimum atomic E-state index is -0.402. The predicted molar refractivity (Wildman–Crippen MR) is 148 cm³/mol. The first kappa shape index (κ1) is 30.6. The van der Waals surface area contributed by atoms with Crippen LogP contribution in [0.4, 0.5) is 0 Å². The molecule has 0 aromatic rings. The average Bonchev–Trinajstić information content (AvgIpc) is 2.66. The fourth-order valence-electron chi connectivity index (χ4n) is 4.27. The largest absolute Gasteiger partial charge is 0.345 e. The van der Waals surface area contributed by atoms with Crippen LogP contribution < -0.4 is 9.30 Å². The molecule has 2 N–H and O–H groups in total. The minimum absolute atomic E-state index is 0.257. The third-order valence-corrected chi connectivity index (χ3v) is 16.3. The number of nitrogens with one attached hydrogen (secondary N) is 2. The summed E-state index contributed by atoms with van der Waals surface area (Å²) in [6.07, 6.45) is 1.28. The SMILES string of the molecule is CCN(CC)[SiH2]N[SiH2]N(CC)C(C)CC(C)N([SiH2]N[SiH2]N(C(C)C)C(C)C)C(C)C. The third kappa shape index (κ3) is 12.0. The van der Waals surface area contributed by atoms with Crippen LogP contribution in [-0.4, -0.2) is 107 Å². The van der Waals surface area contributed by atoms with E-state index in [1.807, 2.05) is 0 Å². The second-order valence-electron chi connectivity index (χ2n) is 9.58. The van der Waals surface area contributed by atoms with E-state index < -0.39 is 9.84 Å². The standard InChI is InChI=1S/C20H56N6Si4/c1-12-23(13-2)27-21-28-24(14-3)19(10)15-20(11)26(18(8)9)30-22-29-25(16(4)5)17(6)7/h16-22H,12-15,27-30H2,1-11H3. The molecule has 0 heterocycles. The lowest BCUT2D eigenvalue weighted by atomic mass is 10.1. The van der Waals surface area contributed by atoms with Crippen molar-refractivity contribution in [1.82, 2.24) is 27.6 Å². The molecule has 0 bridgehead atoms. The second-order valence-corrected chi connectivity index (χ2v) is 18.0. The molecule has 0 saturated heterocycles. The van der Waals surface area contributed by atoms with Crippen LogP contribution in [0.15, 0.2) is 0 Å². The first-order valence-corrected chi connectivity index (χ1v) is 17.8. The molecule has 0 aliphatic carbocycles. The molecule has 0 spiro atoms. The van der Waals surface area contributed by atoms with Crippen molar-refractivity contribution in [2.24, 2.45) is 0 Å². The first-order valence-electron chi connectivity index (χ1n) is 12.5. The Morgan fingerprint density at radius 1 is 0.567 bits per heavy atom. The summed E-state index contributed by atoms with van der Waals surface area (Å²) in [4.78, 5) is 0. The second kappa shape index (κ2) is 17.1. The topological polar surface area (TPSA) is 37.0 Å². The van der Waals surface area contributed by atoms with Gasteiger partial charge in [0, 0.05) is 12.1 Å².